The summed E-state index contributed by atoms with van der Waals surface area (Å²) in [5.74, 6) is -1.21. The lowest BCUT2D eigenvalue weighted by molar-refractivity contribution is -0.153. The Morgan fingerprint density at radius 2 is 1.53 bits per heavy atom. The number of carbonyl (C=O) groups excluding carboxylic acids is 2. The van der Waals surface area contributed by atoms with Gasteiger partial charge in [-0.15, -0.1) is 0 Å². The molecule has 0 rings (SSSR count). The summed E-state index contributed by atoms with van der Waals surface area (Å²) in [4.78, 5) is 25.2. The van der Waals surface area contributed by atoms with E-state index in [0.717, 1.165) is 13.0 Å². The van der Waals surface area contributed by atoms with Crippen LogP contribution >= 0.6 is 0 Å². The standard InChI is InChI=1S/C14H24N2O3/c1-11(7-5-9-15)13(17)19-14(18)12(2)8-6-10-16(3)4/h7-8H,5-6,9-10,15H2,1-4H3. The minimum absolute atomic E-state index is 0.403. The Balaban J connectivity index is 4.32. The highest BCUT2D eigenvalue weighted by molar-refractivity contribution is 6.01. The van der Waals surface area contributed by atoms with Gasteiger partial charge in [0.25, 0.3) is 0 Å². The van der Waals surface area contributed by atoms with Gasteiger partial charge in [-0.25, -0.2) is 9.59 Å². The van der Waals surface area contributed by atoms with E-state index >= 15 is 0 Å². The maximum Gasteiger partial charge on any atom is 0.341 e. The summed E-state index contributed by atoms with van der Waals surface area (Å²) in [6.07, 6.45) is 4.77. The summed E-state index contributed by atoms with van der Waals surface area (Å²) in [5.41, 5.74) is 6.18. The molecule has 19 heavy (non-hydrogen) atoms. The molecule has 0 radical (unpaired) electrons. The zero-order chi connectivity index (χ0) is 14.8. The maximum atomic E-state index is 11.6. The molecule has 108 valence electrons. The quantitative estimate of drug-likeness (QED) is 0.427. The Bertz CT molecular complexity index is 371. The van der Waals surface area contributed by atoms with Gasteiger partial charge in [0, 0.05) is 17.7 Å². The normalized spacial score (nSPS) is 12.7. The van der Waals surface area contributed by atoms with E-state index in [-0.39, 0.29) is 0 Å². The van der Waals surface area contributed by atoms with E-state index in [0.29, 0.717) is 24.1 Å². The van der Waals surface area contributed by atoms with Crippen molar-refractivity contribution in [3.63, 3.8) is 0 Å². The van der Waals surface area contributed by atoms with E-state index < -0.39 is 11.9 Å². The van der Waals surface area contributed by atoms with E-state index in [1.54, 1.807) is 26.0 Å². The second-order valence-electron chi connectivity index (χ2n) is 4.62. The highest BCUT2D eigenvalue weighted by Crippen LogP contribution is 2.04. The number of hydrogen-bond donors (Lipinski definition) is 1. The van der Waals surface area contributed by atoms with E-state index in [9.17, 15) is 9.59 Å². The van der Waals surface area contributed by atoms with Gasteiger partial charge >= 0.3 is 11.9 Å². The molecule has 5 heteroatoms. The minimum atomic E-state index is -0.612. The number of esters is 2. The van der Waals surface area contributed by atoms with Crippen LogP contribution < -0.4 is 5.73 Å². The monoisotopic (exact) mass is 268 g/mol. The topological polar surface area (TPSA) is 72.6 Å². The molecule has 0 bridgehead atoms. The van der Waals surface area contributed by atoms with Gasteiger partial charge in [0.15, 0.2) is 0 Å². The van der Waals surface area contributed by atoms with Crippen LogP contribution in [0.3, 0.4) is 0 Å². The molecule has 0 amide bonds. The van der Waals surface area contributed by atoms with Crippen LogP contribution in [0.5, 0.6) is 0 Å². The van der Waals surface area contributed by atoms with Crippen molar-refractivity contribution in [2.75, 3.05) is 27.2 Å². The van der Waals surface area contributed by atoms with Gasteiger partial charge in [-0.3, -0.25) is 0 Å². The van der Waals surface area contributed by atoms with Gasteiger partial charge in [0.2, 0.25) is 0 Å². The van der Waals surface area contributed by atoms with Crippen LogP contribution in [0.25, 0.3) is 0 Å². The predicted molar refractivity (Wildman–Crippen MR) is 75.5 cm³/mol. The van der Waals surface area contributed by atoms with Crippen LogP contribution in [-0.4, -0.2) is 44.0 Å². The predicted octanol–water partition coefficient (Wildman–Crippen LogP) is 1.25. The van der Waals surface area contributed by atoms with Crippen molar-refractivity contribution in [3.05, 3.63) is 23.3 Å². The molecule has 5 nitrogen and oxygen atoms in total. The fourth-order valence-electron chi connectivity index (χ4n) is 1.25. The Morgan fingerprint density at radius 3 is 1.95 bits per heavy atom. The largest absolute Gasteiger partial charge is 0.386 e. The fourth-order valence-corrected chi connectivity index (χ4v) is 1.25. The van der Waals surface area contributed by atoms with E-state index in [1.165, 1.54) is 0 Å². The molecule has 0 aromatic rings. The Hall–Kier alpha value is -1.46. The van der Waals surface area contributed by atoms with Gasteiger partial charge in [-0.1, -0.05) is 12.2 Å². The third-order valence-corrected chi connectivity index (χ3v) is 2.47. The molecule has 0 aliphatic rings. The smallest absolute Gasteiger partial charge is 0.341 e. The summed E-state index contributed by atoms with van der Waals surface area (Å²) in [7, 11) is 3.91. The zero-order valence-corrected chi connectivity index (χ0v) is 12.2. The Morgan fingerprint density at radius 1 is 1.05 bits per heavy atom. The first-order valence-electron chi connectivity index (χ1n) is 6.33. The number of rotatable bonds is 7. The van der Waals surface area contributed by atoms with E-state index in [2.05, 4.69) is 0 Å². The second kappa shape index (κ2) is 9.47. The second-order valence-corrected chi connectivity index (χ2v) is 4.62. The van der Waals surface area contributed by atoms with Crippen LogP contribution in [0.2, 0.25) is 0 Å². The molecule has 0 aliphatic heterocycles. The van der Waals surface area contributed by atoms with Crippen LogP contribution in [0.1, 0.15) is 26.7 Å². The van der Waals surface area contributed by atoms with Crippen molar-refractivity contribution in [2.45, 2.75) is 26.7 Å². The van der Waals surface area contributed by atoms with Crippen LogP contribution in [0.15, 0.2) is 23.3 Å². The molecule has 2 N–H and O–H groups in total. The molecule has 0 spiro atoms. The van der Waals surface area contributed by atoms with Crippen LogP contribution in [0.4, 0.5) is 0 Å². The average Bonchev–Trinajstić information content (AvgIpc) is 2.34. The average molecular weight is 268 g/mol. The molecule has 0 saturated heterocycles. The maximum absolute atomic E-state index is 11.6. The zero-order valence-electron chi connectivity index (χ0n) is 12.2. The van der Waals surface area contributed by atoms with Crippen LogP contribution in [0, 0.1) is 0 Å². The summed E-state index contributed by atoms with van der Waals surface area (Å²) in [6.45, 7) is 4.55. The SMILES string of the molecule is CC(=CCCN)C(=O)OC(=O)C(C)=CCCN(C)C. The molecule has 0 unspecified atom stereocenters. The van der Waals surface area contributed by atoms with Crippen molar-refractivity contribution in [1.82, 2.24) is 4.90 Å². The summed E-state index contributed by atoms with van der Waals surface area (Å²) in [5, 5.41) is 0. The highest BCUT2D eigenvalue weighted by Gasteiger charge is 2.13. The van der Waals surface area contributed by atoms with Gasteiger partial charge in [0.05, 0.1) is 0 Å². The first-order valence-corrected chi connectivity index (χ1v) is 6.33. The number of nitrogens with two attached hydrogens (primary N) is 1. The number of carbonyl (C=O) groups is 2. The fraction of sp³-hybridized carbons (Fsp3) is 0.571. The lowest BCUT2D eigenvalue weighted by Crippen LogP contribution is -2.15. The summed E-state index contributed by atoms with van der Waals surface area (Å²) in [6, 6.07) is 0. The van der Waals surface area contributed by atoms with Gasteiger partial charge in [-0.2, -0.15) is 0 Å². The first-order chi connectivity index (χ1) is 8.88. The van der Waals surface area contributed by atoms with Crippen molar-refractivity contribution < 1.29 is 14.3 Å². The third-order valence-electron chi connectivity index (χ3n) is 2.47. The Labute approximate surface area is 115 Å². The van der Waals surface area contributed by atoms with Crippen molar-refractivity contribution >= 4 is 11.9 Å². The third kappa shape index (κ3) is 8.29. The number of hydrogen-bond acceptors (Lipinski definition) is 5. The molecule has 0 aliphatic carbocycles. The molecule has 0 saturated carbocycles. The molecular formula is C14H24N2O3. The van der Waals surface area contributed by atoms with Gasteiger partial charge in [-0.05, 0) is 47.3 Å². The summed E-state index contributed by atoms with van der Waals surface area (Å²) >= 11 is 0. The summed E-state index contributed by atoms with van der Waals surface area (Å²) < 4.78 is 4.76. The van der Waals surface area contributed by atoms with Gasteiger partial charge in [0.1, 0.15) is 0 Å². The lowest BCUT2D eigenvalue weighted by atomic mass is 10.2. The molecular weight excluding hydrogens is 244 g/mol. The molecule has 0 atom stereocenters. The molecule has 0 aromatic heterocycles. The lowest BCUT2D eigenvalue weighted by Gasteiger charge is -2.07. The molecule has 0 fully saturated rings. The minimum Gasteiger partial charge on any atom is -0.386 e. The van der Waals surface area contributed by atoms with Crippen molar-refractivity contribution in [3.8, 4) is 0 Å². The van der Waals surface area contributed by atoms with E-state index in [1.807, 2.05) is 19.0 Å². The molecule has 0 aromatic carbocycles. The van der Waals surface area contributed by atoms with Gasteiger partial charge < -0.3 is 15.4 Å². The molecule has 0 heterocycles. The Kier molecular flexibility index (Phi) is 8.74. The number of nitrogens with zero attached hydrogens (tertiary/aromatic N) is 1. The highest BCUT2D eigenvalue weighted by atomic mass is 16.6. The number of ether oxygens (including phenoxy) is 1. The van der Waals surface area contributed by atoms with Crippen molar-refractivity contribution in [2.24, 2.45) is 5.73 Å². The van der Waals surface area contributed by atoms with Crippen molar-refractivity contribution in [1.29, 1.82) is 0 Å². The van der Waals surface area contributed by atoms with E-state index in [4.69, 9.17) is 10.5 Å². The van der Waals surface area contributed by atoms with Crippen LogP contribution in [-0.2, 0) is 14.3 Å². The first kappa shape index (κ1) is 17.5.